The second-order valence-corrected chi connectivity index (χ2v) is 7.11. The van der Waals surface area contributed by atoms with Crippen molar-refractivity contribution in [3.8, 4) is 5.75 Å². The second kappa shape index (κ2) is 10.1. The first-order chi connectivity index (χ1) is 13.3. The Morgan fingerprint density at radius 3 is 2.48 bits per heavy atom. The Bertz CT molecular complexity index is 695. The van der Waals surface area contributed by atoms with Gasteiger partial charge < -0.3 is 14.8 Å². The molecule has 1 aliphatic rings. The summed E-state index contributed by atoms with van der Waals surface area (Å²) in [5, 5.41) is 3.21. The Kier molecular flexibility index (Phi) is 7.28. The third kappa shape index (κ3) is 6.40. The Labute approximate surface area is 161 Å². The van der Waals surface area contributed by atoms with Gasteiger partial charge in [0.2, 0.25) is 5.91 Å². The van der Waals surface area contributed by atoms with Crippen molar-refractivity contribution in [1.29, 1.82) is 0 Å². The molecule has 4 nitrogen and oxygen atoms in total. The first-order valence-corrected chi connectivity index (χ1v) is 9.81. The SMILES string of the molecule is COc1ccc(C(NC(=O)CCCOCCc2ccccc2)C2CC2)cc1. The van der Waals surface area contributed by atoms with Crippen molar-refractivity contribution in [2.45, 2.75) is 38.1 Å². The first kappa shape index (κ1) is 19.4. The lowest BCUT2D eigenvalue weighted by Gasteiger charge is -2.19. The lowest BCUT2D eigenvalue weighted by atomic mass is 10.0. The molecule has 4 heteroatoms. The highest BCUT2D eigenvalue weighted by atomic mass is 16.5. The highest BCUT2D eigenvalue weighted by molar-refractivity contribution is 5.76. The Morgan fingerprint density at radius 2 is 1.81 bits per heavy atom. The minimum atomic E-state index is 0.106. The topological polar surface area (TPSA) is 47.6 Å². The zero-order valence-electron chi connectivity index (χ0n) is 16.0. The molecule has 1 N–H and O–H groups in total. The maximum Gasteiger partial charge on any atom is 0.220 e. The number of hydrogen-bond acceptors (Lipinski definition) is 3. The van der Waals surface area contributed by atoms with Gasteiger partial charge in [0.15, 0.2) is 0 Å². The third-order valence-electron chi connectivity index (χ3n) is 4.96. The van der Waals surface area contributed by atoms with E-state index < -0.39 is 0 Å². The molecule has 27 heavy (non-hydrogen) atoms. The summed E-state index contributed by atoms with van der Waals surface area (Å²) in [4.78, 5) is 12.3. The number of hydrogen-bond donors (Lipinski definition) is 1. The molecule has 1 amide bonds. The highest BCUT2D eigenvalue weighted by Crippen LogP contribution is 2.41. The zero-order chi connectivity index (χ0) is 18.9. The van der Waals surface area contributed by atoms with Crippen LogP contribution in [0.15, 0.2) is 54.6 Å². The monoisotopic (exact) mass is 367 g/mol. The summed E-state index contributed by atoms with van der Waals surface area (Å²) in [6.07, 6.45) is 4.53. The number of amides is 1. The predicted molar refractivity (Wildman–Crippen MR) is 107 cm³/mol. The van der Waals surface area contributed by atoms with Gasteiger partial charge in [0.1, 0.15) is 5.75 Å². The van der Waals surface area contributed by atoms with E-state index in [1.807, 2.05) is 30.3 Å². The minimum absolute atomic E-state index is 0.106. The standard InChI is InChI=1S/C23H29NO3/c1-26-21-13-11-20(12-14-21)23(19-9-10-19)24-22(25)8-5-16-27-17-15-18-6-3-2-4-7-18/h2-4,6-7,11-14,19,23H,5,8-10,15-17H2,1H3,(H,24,25). The summed E-state index contributed by atoms with van der Waals surface area (Å²) < 4.78 is 10.9. The molecule has 0 spiro atoms. The van der Waals surface area contributed by atoms with Crippen molar-refractivity contribution in [3.63, 3.8) is 0 Å². The van der Waals surface area contributed by atoms with Gasteiger partial charge in [-0.3, -0.25) is 4.79 Å². The molecule has 0 bridgehead atoms. The molecule has 1 aliphatic carbocycles. The fourth-order valence-corrected chi connectivity index (χ4v) is 3.23. The zero-order valence-corrected chi connectivity index (χ0v) is 16.0. The Morgan fingerprint density at radius 1 is 1.07 bits per heavy atom. The van der Waals surface area contributed by atoms with Gasteiger partial charge >= 0.3 is 0 Å². The van der Waals surface area contributed by atoms with Gasteiger partial charge in [-0.2, -0.15) is 0 Å². The van der Waals surface area contributed by atoms with Crippen LogP contribution in [0.1, 0.15) is 42.9 Å². The Balaban J connectivity index is 1.35. The minimum Gasteiger partial charge on any atom is -0.497 e. The van der Waals surface area contributed by atoms with Crippen LogP contribution in [-0.2, 0) is 16.0 Å². The van der Waals surface area contributed by atoms with Crippen molar-refractivity contribution >= 4 is 5.91 Å². The number of carbonyl (C=O) groups excluding carboxylic acids is 1. The largest absolute Gasteiger partial charge is 0.497 e. The van der Waals surface area contributed by atoms with Gasteiger partial charge in [-0.05, 0) is 54.9 Å². The molecule has 0 aromatic heterocycles. The van der Waals surface area contributed by atoms with E-state index in [1.54, 1.807) is 7.11 Å². The van der Waals surface area contributed by atoms with Crippen LogP contribution >= 0.6 is 0 Å². The number of ether oxygens (including phenoxy) is 2. The fourth-order valence-electron chi connectivity index (χ4n) is 3.23. The van der Waals surface area contributed by atoms with Gasteiger partial charge in [-0.25, -0.2) is 0 Å². The maximum atomic E-state index is 12.3. The summed E-state index contributed by atoms with van der Waals surface area (Å²) in [6, 6.07) is 18.4. The third-order valence-corrected chi connectivity index (χ3v) is 4.96. The van der Waals surface area contributed by atoms with Crippen molar-refractivity contribution in [3.05, 3.63) is 65.7 Å². The lowest BCUT2D eigenvalue weighted by Crippen LogP contribution is -2.29. The van der Waals surface area contributed by atoms with E-state index in [1.165, 1.54) is 18.4 Å². The molecule has 144 valence electrons. The first-order valence-electron chi connectivity index (χ1n) is 9.81. The molecule has 0 heterocycles. The fraction of sp³-hybridized carbons (Fsp3) is 0.435. The quantitative estimate of drug-likeness (QED) is 0.602. The average molecular weight is 367 g/mol. The number of nitrogens with one attached hydrogen (secondary N) is 1. The summed E-state index contributed by atoms with van der Waals surface area (Å²) in [7, 11) is 1.66. The van der Waals surface area contributed by atoms with Crippen LogP contribution in [0, 0.1) is 5.92 Å². The van der Waals surface area contributed by atoms with Gasteiger partial charge in [-0.15, -0.1) is 0 Å². The summed E-state index contributed by atoms with van der Waals surface area (Å²) in [5.74, 6) is 1.51. The number of rotatable bonds is 11. The van der Waals surface area contributed by atoms with Crippen molar-refractivity contribution in [2.75, 3.05) is 20.3 Å². The molecule has 3 rings (SSSR count). The number of benzene rings is 2. The van der Waals surface area contributed by atoms with Gasteiger partial charge in [-0.1, -0.05) is 42.5 Å². The molecular weight excluding hydrogens is 338 g/mol. The van der Waals surface area contributed by atoms with Crippen LogP contribution in [0.25, 0.3) is 0 Å². The van der Waals surface area contributed by atoms with Crippen LogP contribution in [0.4, 0.5) is 0 Å². The van der Waals surface area contributed by atoms with Crippen molar-refractivity contribution in [2.24, 2.45) is 5.92 Å². The van der Waals surface area contributed by atoms with Crippen molar-refractivity contribution < 1.29 is 14.3 Å². The van der Waals surface area contributed by atoms with E-state index in [0.29, 0.717) is 25.6 Å². The Hall–Kier alpha value is -2.33. The maximum absolute atomic E-state index is 12.3. The van der Waals surface area contributed by atoms with Crippen LogP contribution in [0.2, 0.25) is 0 Å². The molecule has 0 saturated heterocycles. The second-order valence-electron chi connectivity index (χ2n) is 7.11. The van der Waals surface area contributed by atoms with Gasteiger partial charge in [0, 0.05) is 13.0 Å². The smallest absolute Gasteiger partial charge is 0.220 e. The van der Waals surface area contributed by atoms with E-state index in [2.05, 4.69) is 29.6 Å². The lowest BCUT2D eigenvalue weighted by molar-refractivity contribution is -0.122. The highest BCUT2D eigenvalue weighted by Gasteiger charge is 2.33. The van der Waals surface area contributed by atoms with E-state index in [9.17, 15) is 4.79 Å². The molecule has 1 atom stereocenters. The van der Waals surface area contributed by atoms with E-state index >= 15 is 0 Å². The molecule has 0 aliphatic heterocycles. The van der Waals surface area contributed by atoms with Crippen molar-refractivity contribution in [1.82, 2.24) is 5.32 Å². The number of methoxy groups -OCH3 is 1. The van der Waals surface area contributed by atoms with E-state index in [-0.39, 0.29) is 11.9 Å². The molecule has 2 aromatic carbocycles. The normalized spacial score (nSPS) is 14.6. The van der Waals surface area contributed by atoms with Crippen LogP contribution < -0.4 is 10.1 Å². The molecule has 1 saturated carbocycles. The van der Waals surface area contributed by atoms with Gasteiger partial charge in [0.25, 0.3) is 0 Å². The van der Waals surface area contributed by atoms with Gasteiger partial charge in [0.05, 0.1) is 19.8 Å². The number of carbonyl (C=O) groups is 1. The average Bonchev–Trinajstić information content (AvgIpc) is 3.55. The predicted octanol–water partition coefficient (Wildman–Crippen LogP) is 4.30. The molecule has 2 aromatic rings. The molecular formula is C23H29NO3. The van der Waals surface area contributed by atoms with Crippen LogP contribution in [0.3, 0.4) is 0 Å². The molecule has 1 unspecified atom stereocenters. The molecule has 0 radical (unpaired) electrons. The van der Waals surface area contributed by atoms with Crippen LogP contribution in [-0.4, -0.2) is 26.2 Å². The molecule has 1 fully saturated rings. The summed E-state index contributed by atoms with van der Waals surface area (Å²) in [5.41, 5.74) is 2.44. The van der Waals surface area contributed by atoms with Crippen LogP contribution in [0.5, 0.6) is 5.75 Å². The van der Waals surface area contributed by atoms with E-state index in [4.69, 9.17) is 9.47 Å². The summed E-state index contributed by atoms with van der Waals surface area (Å²) >= 11 is 0. The summed E-state index contributed by atoms with van der Waals surface area (Å²) in [6.45, 7) is 1.32. The van der Waals surface area contributed by atoms with E-state index in [0.717, 1.165) is 24.2 Å².